The number of benzene rings is 2. The third-order valence-corrected chi connectivity index (χ3v) is 4.60. The molecule has 0 aromatic heterocycles. The average Bonchev–Trinajstić information content (AvgIpc) is 3.26. The van der Waals surface area contributed by atoms with Gasteiger partial charge in [-0.1, -0.05) is 24.3 Å². The lowest BCUT2D eigenvalue weighted by atomic mass is 9.94. The molecular formula is C23H23N2O4. The van der Waals surface area contributed by atoms with Crippen molar-refractivity contribution in [2.45, 2.75) is 6.92 Å². The minimum absolute atomic E-state index is 0.149. The van der Waals surface area contributed by atoms with Crippen LogP contribution in [0, 0.1) is 31.6 Å². The molecule has 6 heteroatoms. The van der Waals surface area contributed by atoms with Crippen LogP contribution in [0.3, 0.4) is 0 Å². The number of carbonyl (C=O) groups is 3. The number of hydrogen-bond donors (Lipinski definition) is 1. The van der Waals surface area contributed by atoms with E-state index in [2.05, 4.69) is 24.2 Å². The van der Waals surface area contributed by atoms with Crippen LogP contribution in [0.2, 0.25) is 0 Å². The van der Waals surface area contributed by atoms with Crippen molar-refractivity contribution in [2.75, 3.05) is 26.7 Å². The third kappa shape index (κ3) is 5.34. The Morgan fingerprint density at radius 1 is 1.00 bits per heavy atom. The van der Waals surface area contributed by atoms with Crippen LogP contribution in [0.25, 0.3) is 10.8 Å². The van der Waals surface area contributed by atoms with E-state index in [9.17, 15) is 14.4 Å². The predicted molar refractivity (Wildman–Crippen MR) is 110 cm³/mol. The molecule has 1 saturated carbocycles. The predicted octanol–water partition coefficient (Wildman–Crippen LogP) is 2.34. The van der Waals surface area contributed by atoms with Crippen molar-refractivity contribution in [3.8, 4) is 0 Å². The molecule has 0 aliphatic heterocycles. The van der Waals surface area contributed by atoms with Crippen LogP contribution in [0.5, 0.6) is 0 Å². The van der Waals surface area contributed by atoms with E-state index in [0.29, 0.717) is 5.56 Å². The Morgan fingerprint density at radius 3 is 2.41 bits per heavy atom. The quantitative estimate of drug-likeness (QED) is 0.735. The van der Waals surface area contributed by atoms with Crippen LogP contribution in [0.1, 0.15) is 22.8 Å². The van der Waals surface area contributed by atoms with Crippen molar-refractivity contribution in [1.29, 1.82) is 0 Å². The summed E-state index contributed by atoms with van der Waals surface area (Å²) >= 11 is 0. The first-order valence-corrected chi connectivity index (χ1v) is 9.41. The number of likely N-dealkylation sites (N-methyl/N-ethyl adjacent to an activating group) is 1. The first-order valence-electron chi connectivity index (χ1n) is 9.41. The highest BCUT2D eigenvalue weighted by molar-refractivity contribution is 6.00. The van der Waals surface area contributed by atoms with Crippen molar-refractivity contribution >= 4 is 28.6 Å². The van der Waals surface area contributed by atoms with Crippen LogP contribution >= 0.6 is 0 Å². The molecule has 0 atom stereocenters. The van der Waals surface area contributed by atoms with Crippen molar-refractivity contribution in [3.63, 3.8) is 0 Å². The molecule has 1 fully saturated rings. The molecule has 2 aromatic rings. The Balaban J connectivity index is 1.59. The monoisotopic (exact) mass is 391 g/mol. The van der Waals surface area contributed by atoms with Gasteiger partial charge in [-0.2, -0.15) is 0 Å². The number of nitrogens with one attached hydrogen (secondary N) is 1. The average molecular weight is 391 g/mol. The van der Waals surface area contributed by atoms with Crippen molar-refractivity contribution in [2.24, 2.45) is 0 Å². The first-order chi connectivity index (χ1) is 14.0. The summed E-state index contributed by atoms with van der Waals surface area (Å²) in [7, 11) is 1.49. The summed E-state index contributed by atoms with van der Waals surface area (Å²) in [5, 5.41) is 4.58. The highest BCUT2D eigenvalue weighted by atomic mass is 16.5. The molecule has 2 aromatic carbocycles. The van der Waals surface area contributed by atoms with E-state index in [1.807, 2.05) is 31.0 Å². The molecule has 149 valence electrons. The summed E-state index contributed by atoms with van der Waals surface area (Å²) < 4.78 is 4.81. The highest BCUT2D eigenvalue weighted by Crippen LogP contribution is 2.31. The molecule has 0 unspecified atom stereocenters. The van der Waals surface area contributed by atoms with E-state index in [0.717, 1.165) is 22.3 Å². The smallest absolute Gasteiger partial charge is 0.325 e. The zero-order chi connectivity index (χ0) is 20.8. The van der Waals surface area contributed by atoms with Crippen LogP contribution in [0.15, 0.2) is 36.4 Å². The van der Waals surface area contributed by atoms with Crippen LogP contribution in [0.4, 0.5) is 0 Å². The first kappa shape index (κ1) is 20.8. The number of ether oxygens (including phenoxy) is 1. The molecule has 0 heterocycles. The molecule has 0 bridgehead atoms. The summed E-state index contributed by atoms with van der Waals surface area (Å²) in [4.78, 5) is 37.2. The number of nitrogens with zero attached hydrogens (tertiary/aromatic N) is 1. The Morgan fingerprint density at radius 2 is 1.69 bits per heavy atom. The summed E-state index contributed by atoms with van der Waals surface area (Å²) in [5.74, 6) is -0.0408. The van der Waals surface area contributed by atoms with Gasteiger partial charge in [0, 0.05) is 18.5 Å². The van der Waals surface area contributed by atoms with Gasteiger partial charge in [0.05, 0.1) is 13.2 Å². The lowest BCUT2D eigenvalue weighted by Gasteiger charge is -2.16. The van der Waals surface area contributed by atoms with Gasteiger partial charge < -0.3 is 15.0 Å². The van der Waals surface area contributed by atoms with Crippen molar-refractivity contribution in [1.82, 2.24) is 10.2 Å². The normalized spacial score (nSPS) is 14.0. The Bertz CT molecular complexity index is 903. The molecule has 5 radical (unpaired) electrons. The molecule has 0 spiro atoms. The Labute approximate surface area is 171 Å². The number of amides is 2. The van der Waals surface area contributed by atoms with Gasteiger partial charge in [-0.25, -0.2) is 0 Å². The van der Waals surface area contributed by atoms with Gasteiger partial charge in [-0.3, -0.25) is 14.4 Å². The summed E-state index contributed by atoms with van der Waals surface area (Å²) in [6.45, 7) is 1.62. The second kappa shape index (κ2) is 9.54. The number of esters is 1. The molecule has 29 heavy (non-hydrogen) atoms. The summed E-state index contributed by atoms with van der Waals surface area (Å²) in [6.07, 6.45) is 8.11. The molecule has 1 aliphatic carbocycles. The Hall–Kier alpha value is -2.89. The van der Waals surface area contributed by atoms with Gasteiger partial charge in [-0.05, 0) is 61.1 Å². The lowest BCUT2D eigenvalue weighted by Crippen LogP contribution is -2.40. The fourth-order valence-electron chi connectivity index (χ4n) is 3.01. The molecule has 1 N–H and O–H groups in total. The zero-order valence-corrected chi connectivity index (χ0v) is 16.5. The van der Waals surface area contributed by atoms with E-state index >= 15 is 0 Å². The molecule has 2 amide bonds. The number of hydrogen-bond acceptors (Lipinski definition) is 4. The SMILES string of the molecule is CCOC(=O)CN(C)C(=O)CNC(=O)c1ccc2cc([C]3[CH][CH][CH][CH]3)ccc2c1. The maximum Gasteiger partial charge on any atom is 0.325 e. The van der Waals surface area contributed by atoms with E-state index in [1.165, 1.54) is 11.9 Å². The van der Waals surface area contributed by atoms with Gasteiger partial charge in [0.1, 0.15) is 6.54 Å². The van der Waals surface area contributed by atoms with E-state index in [-0.39, 0.29) is 31.5 Å². The van der Waals surface area contributed by atoms with E-state index in [1.54, 1.807) is 19.1 Å². The van der Waals surface area contributed by atoms with Crippen LogP contribution in [-0.4, -0.2) is 49.4 Å². The second-order valence-corrected chi connectivity index (χ2v) is 6.69. The maximum atomic E-state index is 12.4. The second-order valence-electron chi connectivity index (χ2n) is 6.69. The zero-order valence-electron chi connectivity index (χ0n) is 16.5. The van der Waals surface area contributed by atoms with Gasteiger partial charge in [0.2, 0.25) is 5.91 Å². The van der Waals surface area contributed by atoms with Gasteiger partial charge in [0.15, 0.2) is 0 Å². The lowest BCUT2D eigenvalue weighted by molar-refractivity contribution is -0.147. The van der Waals surface area contributed by atoms with Crippen molar-refractivity contribution < 1.29 is 19.1 Å². The summed E-state index contributed by atoms with van der Waals surface area (Å²) in [6, 6.07) is 11.5. The number of rotatable bonds is 7. The number of carbonyl (C=O) groups excluding carboxylic acids is 3. The minimum Gasteiger partial charge on any atom is -0.465 e. The molecule has 3 rings (SSSR count). The number of fused-ring (bicyclic) bond motifs is 1. The maximum absolute atomic E-state index is 12.4. The fraction of sp³-hybridized carbons (Fsp3) is 0.217. The van der Waals surface area contributed by atoms with E-state index in [4.69, 9.17) is 4.74 Å². The standard InChI is InChI=1S/C23H23N2O4/c1-3-29-22(27)15-25(2)21(26)14-24-23(28)20-11-10-18-12-17(8-9-19(18)13-20)16-6-4-5-7-16/h4-13H,3,14-15H2,1-2H3,(H,24,28). The highest BCUT2D eigenvalue weighted by Gasteiger charge is 2.19. The van der Waals surface area contributed by atoms with Crippen LogP contribution < -0.4 is 5.32 Å². The Kier molecular flexibility index (Phi) is 6.86. The topological polar surface area (TPSA) is 75.7 Å². The minimum atomic E-state index is -0.481. The molecule has 1 aliphatic rings. The fourth-order valence-corrected chi connectivity index (χ4v) is 3.01. The van der Waals surface area contributed by atoms with E-state index < -0.39 is 5.97 Å². The molecule has 0 saturated heterocycles. The molecule has 6 nitrogen and oxygen atoms in total. The molecular weight excluding hydrogens is 368 g/mol. The van der Waals surface area contributed by atoms with Gasteiger partial charge >= 0.3 is 5.97 Å². The largest absolute Gasteiger partial charge is 0.465 e. The van der Waals surface area contributed by atoms with Gasteiger partial charge in [-0.15, -0.1) is 0 Å². The van der Waals surface area contributed by atoms with Crippen molar-refractivity contribution in [3.05, 3.63) is 79.1 Å². The van der Waals surface area contributed by atoms with Gasteiger partial charge in [0.25, 0.3) is 5.91 Å². The third-order valence-electron chi connectivity index (χ3n) is 4.60. The summed E-state index contributed by atoms with van der Waals surface area (Å²) in [5.41, 5.74) is 1.59. The van der Waals surface area contributed by atoms with Crippen LogP contribution in [-0.2, 0) is 14.3 Å².